The Hall–Kier alpha value is -3.07. The van der Waals surface area contributed by atoms with Crippen LogP contribution in [0.3, 0.4) is 0 Å². The van der Waals surface area contributed by atoms with Crippen LogP contribution in [-0.4, -0.2) is 44.2 Å². The van der Waals surface area contributed by atoms with Gasteiger partial charge in [-0.05, 0) is 29.3 Å². The number of anilines is 1. The van der Waals surface area contributed by atoms with Gasteiger partial charge < -0.3 is 15.4 Å². The molecule has 160 valence electrons. The van der Waals surface area contributed by atoms with E-state index in [2.05, 4.69) is 10.6 Å². The quantitative estimate of drug-likeness (QED) is 0.686. The van der Waals surface area contributed by atoms with Crippen LogP contribution in [0.2, 0.25) is 0 Å². The predicted molar refractivity (Wildman–Crippen MR) is 106 cm³/mol. The van der Waals surface area contributed by atoms with Crippen molar-refractivity contribution in [3.05, 3.63) is 53.8 Å². The average Bonchev–Trinajstić information content (AvgIpc) is 3.07. The van der Waals surface area contributed by atoms with Crippen LogP contribution in [0.1, 0.15) is 12.5 Å². The van der Waals surface area contributed by atoms with Gasteiger partial charge >= 0.3 is 6.09 Å². The highest BCUT2D eigenvalue weighted by molar-refractivity contribution is 5.90. The van der Waals surface area contributed by atoms with Gasteiger partial charge in [0.15, 0.2) is 0 Å². The fourth-order valence-corrected chi connectivity index (χ4v) is 3.13. The minimum atomic E-state index is -2.41. The summed E-state index contributed by atoms with van der Waals surface area (Å²) in [6, 6.07) is 11.4. The molecule has 2 aromatic rings. The number of ether oxygens (including phenoxy) is 1. The van der Waals surface area contributed by atoms with Crippen LogP contribution >= 0.6 is 0 Å². The Morgan fingerprint density at radius 3 is 2.60 bits per heavy atom. The first-order valence-electron chi connectivity index (χ1n) is 9.44. The summed E-state index contributed by atoms with van der Waals surface area (Å²) in [7, 11) is 0. The molecule has 1 fully saturated rings. The van der Waals surface area contributed by atoms with E-state index in [1.807, 2.05) is 0 Å². The van der Waals surface area contributed by atoms with Crippen molar-refractivity contribution in [3.8, 4) is 11.1 Å². The molecule has 1 heterocycles. The van der Waals surface area contributed by atoms with Crippen LogP contribution in [0.25, 0.3) is 11.1 Å². The monoisotopic (exact) mass is 421 g/mol. The zero-order chi connectivity index (χ0) is 21.7. The van der Waals surface area contributed by atoms with E-state index in [0.717, 1.165) is 5.56 Å². The fraction of sp³-hybridized carbons (Fsp3) is 0.333. The Labute approximate surface area is 172 Å². The lowest BCUT2D eigenvalue weighted by molar-refractivity contribution is -0.119. The molecule has 0 aliphatic carbocycles. The van der Waals surface area contributed by atoms with Gasteiger partial charge in [-0.25, -0.2) is 18.0 Å². The number of alkyl halides is 2. The van der Waals surface area contributed by atoms with E-state index in [1.165, 1.54) is 17.9 Å². The summed E-state index contributed by atoms with van der Waals surface area (Å²) in [5, 5.41) is 5.22. The van der Waals surface area contributed by atoms with Crippen LogP contribution in [0.5, 0.6) is 0 Å². The lowest BCUT2D eigenvalue weighted by Crippen LogP contribution is -2.33. The number of amides is 2. The number of hydrogen-bond acceptors (Lipinski definition) is 4. The second-order valence-corrected chi connectivity index (χ2v) is 6.94. The number of nitrogens with one attached hydrogen (secondary N) is 2. The summed E-state index contributed by atoms with van der Waals surface area (Å²) >= 11 is 0. The van der Waals surface area contributed by atoms with E-state index in [4.69, 9.17) is 4.74 Å². The molecule has 30 heavy (non-hydrogen) atoms. The van der Waals surface area contributed by atoms with Gasteiger partial charge in [0.25, 0.3) is 6.43 Å². The SMILES string of the molecule is CC(=O)NC[C@H]1CN(c2ccc(-c3ccc(CNCC(F)F)cc3)c(F)c2)C(=O)O1. The number of halogens is 3. The predicted octanol–water partition coefficient (Wildman–Crippen LogP) is 3.31. The second-order valence-electron chi connectivity index (χ2n) is 6.94. The molecule has 0 bridgehead atoms. The highest BCUT2D eigenvalue weighted by Gasteiger charge is 2.32. The molecule has 2 amide bonds. The molecule has 2 aromatic carbocycles. The highest BCUT2D eigenvalue weighted by atomic mass is 19.3. The van der Waals surface area contributed by atoms with Gasteiger partial charge in [0.1, 0.15) is 11.9 Å². The molecular formula is C21H22F3N3O3. The molecule has 3 rings (SSSR count). The third kappa shape index (κ3) is 5.50. The van der Waals surface area contributed by atoms with Gasteiger partial charge in [0, 0.05) is 19.0 Å². The van der Waals surface area contributed by atoms with Crippen LogP contribution in [0, 0.1) is 5.82 Å². The number of cyclic esters (lactones) is 1. The van der Waals surface area contributed by atoms with Gasteiger partial charge in [-0.2, -0.15) is 0 Å². The van der Waals surface area contributed by atoms with Crippen LogP contribution in [0.15, 0.2) is 42.5 Å². The first-order chi connectivity index (χ1) is 14.3. The first kappa shape index (κ1) is 21.6. The summed E-state index contributed by atoms with van der Waals surface area (Å²) in [6.45, 7) is 1.68. The molecule has 0 unspecified atom stereocenters. The number of rotatable bonds is 8. The van der Waals surface area contributed by atoms with Gasteiger partial charge in [-0.3, -0.25) is 9.69 Å². The molecule has 1 aliphatic rings. The molecule has 1 atom stereocenters. The lowest BCUT2D eigenvalue weighted by atomic mass is 10.0. The normalized spacial score (nSPS) is 16.1. The summed E-state index contributed by atoms with van der Waals surface area (Å²) in [5.74, 6) is -0.732. The van der Waals surface area contributed by atoms with Crippen molar-refractivity contribution in [2.75, 3.05) is 24.5 Å². The average molecular weight is 421 g/mol. The van der Waals surface area contributed by atoms with E-state index in [1.54, 1.807) is 36.4 Å². The highest BCUT2D eigenvalue weighted by Crippen LogP contribution is 2.29. The van der Waals surface area contributed by atoms with E-state index in [-0.39, 0.29) is 25.5 Å². The van der Waals surface area contributed by atoms with Gasteiger partial charge in [0.05, 0.1) is 25.3 Å². The van der Waals surface area contributed by atoms with Crippen molar-refractivity contribution in [2.24, 2.45) is 0 Å². The number of nitrogens with zero attached hydrogens (tertiary/aromatic N) is 1. The Kier molecular flexibility index (Phi) is 6.94. The van der Waals surface area contributed by atoms with Crippen molar-refractivity contribution in [2.45, 2.75) is 26.0 Å². The van der Waals surface area contributed by atoms with Gasteiger partial charge in [-0.1, -0.05) is 24.3 Å². The number of carbonyl (C=O) groups is 2. The Balaban J connectivity index is 1.66. The summed E-state index contributed by atoms with van der Waals surface area (Å²) in [6.07, 6.45) is -3.51. The van der Waals surface area contributed by atoms with Crippen molar-refractivity contribution in [1.82, 2.24) is 10.6 Å². The maximum Gasteiger partial charge on any atom is 0.414 e. The minimum absolute atomic E-state index is 0.191. The molecule has 2 N–H and O–H groups in total. The van der Waals surface area contributed by atoms with Crippen molar-refractivity contribution >= 4 is 17.7 Å². The zero-order valence-electron chi connectivity index (χ0n) is 16.3. The fourth-order valence-electron chi connectivity index (χ4n) is 3.13. The van der Waals surface area contributed by atoms with Crippen LogP contribution in [-0.2, 0) is 16.1 Å². The molecule has 9 heteroatoms. The minimum Gasteiger partial charge on any atom is -0.442 e. The van der Waals surface area contributed by atoms with Crippen molar-refractivity contribution < 1.29 is 27.5 Å². The third-order valence-corrected chi connectivity index (χ3v) is 4.61. The zero-order valence-corrected chi connectivity index (χ0v) is 16.3. The molecule has 0 saturated carbocycles. The van der Waals surface area contributed by atoms with Gasteiger partial charge in [-0.15, -0.1) is 0 Å². The van der Waals surface area contributed by atoms with Crippen LogP contribution in [0.4, 0.5) is 23.7 Å². The molecule has 0 spiro atoms. The molecule has 1 aliphatic heterocycles. The molecule has 0 aromatic heterocycles. The summed E-state index contributed by atoms with van der Waals surface area (Å²) in [5.41, 5.74) is 2.15. The standard InChI is InChI=1S/C21H22F3N3O3/c1-13(28)26-10-17-12-27(21(29)30-17)16-6-7-18(19(22)8-16)15-4-2-14(3-5-15)9-25-11-20(23)24/h2-8,17,20,25H,9-12H2,1H3,(H,26,28)/t17-/m0/s1. The largest absolute Gasteiger partial charge is 0.442 e. The Morgan fingerprint density at radius 2 is 1.97 bits per heavy atom. The van der Waals surface area contributed by atoms with E-state index >= 15 is 0 Å². The topological polar surface area (TPSA) is 70.7 Å². The van der Waals surface area contributed by atoms with E-state index in [0.29, 0.717) is 23.4 Å². The van der Waals surface area contributed by atoms with E-state index in [9.17, 15) is 22.8 Å². The number of carbonyl (C=O) groups excluding carboxylic acids is 2. The number of hydrogen-bond donors (Lipinski definition) is 2. The first-order valence-corrected chi connectivity index (χ1v) is 9.44. The maximum atomic E-state index is 14.7. The molecule has 0 radical (unpaired) electrons. The smallest absolute Gasteiger partial charge is 0.414 e. The van der Waals surface area contributed by atoms with Crippen molar-refractivity contribution in [1.29, 1.82) is 0 Å². The molecule has 6 nitrogen and oxygen atoms in total. The number of benzene rings is 2. The Bertz CT molecular complexity index is 906. The maximum absolute atomic E-state index is 14.7. The Morgan fingerprint density at radius 1 is 1.23 bits per heavy atom. The lowest BCUT2D eigenvalue weighted by Gasteiger charge is -2.15. The molecular weight excluding hydrogens is 399 g/mol. The van der Waals surface area contributed by atoms with Crippen LogP contribution < -0.4 is 15.5 Å². The summed E-state index contributed by atoms with van der Waals surface area (Å²) in [4.78, 5) is 24.4. The van der Waals surface area contributed by atoms with Crippen molar-refractivity contribution in [3.63, 3.8) is 0 Å². The van der Waals surface area contributed by atoms with Gasteiger partial charge in [0.2, 0.25) is 5.91 Å². The summed E-state index contributed by atoms with van der Waals surface area (Å²) < 4.78 is 44.3. The van der Waals surface area contributed by atoms with E-state index < -0.39 is 24.4 Å². The molecule has 1 saturated heterocycles. The third-order valence-electron chi connectivity index (χ3n) is 4.61. The second kappa shape index (κ2) is 9.62.